The van der Waals surface area contributed by atoms with Crippen molar-refractivity contribution in [3.63, 3.8) is 0 Å². The van der Waals surface area contributed by atoms with Gasteiger partial charge in [-0.3, -0.25) is 4.79 Å². The van der Waals surface area contributed by atoms with Crippen LogP contribution in [0.2, 0.25) is 0 Å². The number of nitrogens with one attached hydrogen (secondary N) is 1. The molecular weight excluding hydrogens is 277 g/mol. The van der Waals surface area contributed by atoms with Crippen molar-refractivity contribution in [1.82, 2.24) is 5.32 Å². The number of rotatable bonds is 5. The average molecular weight is 295 g/mol. The van der Waals surface area contributed by atoms with E-state index in [4.69, 9.17) is 5.11 Å². The van der Waals surface area contributed by atoms with Gasteiger partial charge in [0.15, 0.2) is 0 Å². The Morgan fingerprint density at radius 2 is 2.30 bits per heavy atom. The molecule has 0 saturated carbocycles. The summed E-state index contributed by atoms with van der Waals surface area (Å²) in [4.78, 5) is 12.1. The molecule has 5 heteroatoms. The summed E-state index contributed by atoms with van der Waals surface area (Å²) in [6, 6.07) is 3.90. The van der Waals surface area contributed by atoms with E-state index >= 15 is 0 Å². The zero-order chi connectivity index (χ0) is 15.0. The molecular formula is C15H18FNO2S. The molecule has 1 aromatic rings. The summed E-state index contributed by atoms with van der Waals surface area (Å²) in [7, 11) is 0. The van der Waals surface area contributed by atoms with Gasteiger partial charge in [0, 0.05) is 23.8 Å². The third kappa shape index (κ3) is 5.24. The number of hydrogen-bond donors (Lipinski definition) is 2. The van der Waals surface area contributed by atoms with Crippen molar-refractivity contribution in [2.45, 2.75) is 18.6 Å². The first kappa shape index (κ1) is 16.5. The van der Waals surface area contributed by atoms with Gasteiger partial charge < -0.3 is 10.4 Å². The standard InChI is InChI=1S/C15H18FNO2S/c1-11(20-2)10-17-15(19)14-7-6-13(16)9-12(14)5-3-4-8-18/h6-7,9,11,18H,4,8,10H2,1-2H3,(H,17,19). The minimum atomic E-state index is -0.438. The second-order valence-electron chi connectivity index (χ2n) is 4.22. The average Bonchev–Trinajstić information content (AvgIpc) is 2.44. The van der Waals surface area contributed by atoms with Crippen molar-refractivity contribution in [2.24, 2.45) is 0 Å². The van der Waals surface area contributed by atoms with E-state index in [1.165, 1.54) is 18.2 Å². The van der Waals surface area contributed by atoms with Crippen molar-refractivity contribution >= 4 is 17.7 Å². The van der Waals surface area contributed by atoms with Gasteiger partial charge in [-0.2, -0.15) is 11.8 Å². The number of amides is 1. The van der Waals surface area contributed by atoms with Crippen LogP contribution in [-0.2, 0) is 0 Å². The van der Waals surface area contributed by atoms with E-state index in [2.05, 4.69) is 17.2 Å². The molecule has 1 unspecified atom stereocenters. The number of hydrogen-bond acceptors (Lipinski definition) is 3. The Labute approximate surface area is 123 Å². The van der Waals surface area contributed by atoms with Gasteiger partial charge in [0.1, 0.15) is 5.82 Å². The molecule has 0 heterocycles. The van der Waals surface area contributed by atoms with Crippen LogP contribution in [0, 0.1) is 17.7 Å². The van der Waals surface area contributed by atoms with Crippen molar-refractivity contribution < 1.29 is 14.3 Å². The fourth-order valence-electron chi connectivity index (χ4n) is 1.45. The van der Waals surface area contributed by atoms with Gasteiger partial charge in [0.05, 0.1) is 12.2 Å². The molecule has 1 rings (SSSR count). The molecule has 0 fully saturated rings. The Balaban J connectivity index is 2.88. The summed E-state index contributed by atoms with van der Waals surface area (Å²) >= 11 is 1.65. The van der Waals surface area contributed by atoms with Gasteiger partial charge >= 0.3 is 0 Å². The fourth-order valence-corrected chi connectivity index (χ4v) is 1.70. The number of carbonyl (C=O) groups is 1. The van der Waals surface area contributed by atoms with Crippen LogP contribution in [0.3, 0.4) is 0 Å². The highest BCUT2D eigenvalue weighted by Crippen LogP contribution is 2.11. The molecule has 20 heavy (non-hydrogen) atoms. The van der Waals surface area contributed by atoms with Crippen molar-refractivity contribution in [2.75, 3.05) is 19.4 Å². The van der Waals surface area contributed by atoms with Gasteiger partial charge in [0.2, 0.25) is 0 Å². The van der Waals surface area contributed by atoms with E-state index in [9.17, 15) is 9.18 Å². The molecule has 0 spiro atoms. The van der Waals surface area contributed by atoms with Crippen LogP contribution in [0.25, 0.3) is 0 Å². The minimum Gasteiger partial charge on any atom is -0.395 e. The first-order valence-corrected chi connectivity index (χ1v) is 7.57. The molecule has 1 amide bonds. The summed E-state index contributed by atoms with van der Waals surface area (Å²) in [5, 5.41) is 11.8. The van der Waals surface area contributed by atoms with Crippen molar-refractivity contribution in [1.29, 1.82) is 0 Å². The molecule has 0 radical (unpaired) electrons. The van der Waals surface area contributed by atoms with Gasteiger partial charge in [0.25, 0.3) is 5.91 Å². The van der Waals surface area contributed by atoms with E-state index in [1.54, 1.807) is 11.8 Å². The van der Waals surface area contributed by atoms with E-state index < -0.39 is 5.82 Å². The molecule has 0 aliphatic carbocycles. The van der Waals surface area contributed by atoms with Crippen LogP contribution in [-0.4, -0.2) is 35.7 Å². The highest BCUT2D eigenvalue weighted by atomic mass is 32.2. The highest BCUT2D eigenvalue weighted by Gasteiger charge is 2.11. The third-order valence-corrected chi connectivity index (χ3v) is 3.61. The van der Waals surface area contributed by atoms with Crippen LogP contribution in [0.1, 0.15) is 29.3 Å². The monoisotopic (exact) mass is 295 g/mol. The molecule has 108 valence electrons. The Hall–Kier alpha value is -1.51. The number of aliphatic hydroxyl groups excluding tert-OH is 1. The number of thioether (sulfide) groups is 1. The number of carbonyl (C=O) groups excluding carboxylic acids is 1. The lowest BCUT2D eigenvalue weighted by molar-refractivity contribution is 0.0954. The highest BCUT2D eigenvalue weighted by molar-refractivity contribution is 7.99. The van der Waals surface area contributed by atoms with Crippen LogP contribution in [0.5, 0.6) is 0 Å². The number of halogens is 1. The zero-order valence-corrected chi connectivity index (χ0v) is 12.4. The van der Waals surface area contributed by atoms with Crippen LogP contribution < -0.4 is 5.32 Å². The lowest BCUT2D eigenvalue weighted by atomic mass is 10.1. The molecule has 1 atom stereocenters. The van der Waals surface area contributed by atoms with Crippen molar-refractivity contribution in [3.8, 4) is 11.8 Å². The predicted molar refractivity (Wildman–Crippen MR) is 80.3 cm³/mol. The molecule has 2 N–H and O–H groups in total. The Bertz CT molecular complexity index is 522. The zero-order valence-electron chi connectivity index (χ0n) is 11.6. The molecule has 3 nitrogen and oxygen atoms in total. The second-order valence-corrected chi connectivity index (χ2v) is 5.50. The first-order valence-electron chi connectivity index (χ1n) is 6.28. The minimum absolute atomic E-state index is 0.0604. The molecule has 0 aromatic heterocycles. The van der Waals surface area contributed by atoms with Gasteiger partial charge in [-0.05, 0) is 24.5 Å². The van der Waals surface area contributed by atoms with Crippen LogP contribution in [0.4, 0.5) is 4.39 Å². The first-order chi connectivity index (χ1) is 9.58. The molecule has 1 aromatic carbocycles. The Morgan fingerprint density at radius 3 is 2.95 bits per heavy atom. The topological polar surface area (TPSA) is 49.3 Å². The largest absolute Gasteiger partial charge is 0.395 e. The van der Waals surface area contributed by atoms with Gasteiger partial charge in [-0.15, -0.1) is 0 Å². The summed E-state index contributed by atoms with van der Waals surface area (Å²) < 4.78 is 13.2. The number of benzene rings is 1. The van der Waals surface area contributed by atoms with E-state index in [0.29, 0.717) is 29.3 Å². The summed E-state index contributed by atoms with van der Waals surface area (Å²) in [5.41, 5.74) is 0.692. The second kappa shape index (κ2) is 8.62. The smallest absolute Gasteiger partial charge is 0.252 e. The normalized spacial score (nSPS) is 11.4. The lowest BCUT2D eigenvalue weighted by Crippen LogP contribution is -2.29. The molecule has 0 aliphatic heterocycles. The van der Waals surface area contributed by atoms with Gasteiger partial charge in [-0.25, -0.2) is 4.39 Å². The number of aliphatic hydroxyl groups is 1. The van der Waals surface area contributed by atoms with Crippen molar-refractivity contribution in [3.05, 3.63) is 35.1 Å². The maximum Gasteiger partial charge on any atom is 0.252 e. The summed E-state index contributed by atoms with van der Waals surface area (Å²) in [6.45, 7) is 2.49. The van der Waals surface area contributed by atoms with E-state index in [1.807, 2.05) is 13.2 Å². The Kier molecular flexibility index (Phi) is 7.13. The Morgan fingerprint density at radius 1 is 1.55 bits per heavy atom. The predicted octanol–water partition coefficient (Wildman–Crippen LogP) is 2.04. The van der Waals surface area contributed by atoms with E-state index in [0.717, 1.165) is 0 Å². The van der Waals surface area contributed by atoms with E-state index in [-0.39, 0.29) is 12.5 Å². The molecule has 0 aliphatic rings. The summed E-state index contributed by atoms with van der Waals surface area (Å²) in [6.07, 6.45) is 2.27. The molecule has 0 bridgehead atoms. The van der Waals surface area contributed by atoms with Crippen LogP contribution >= 0.6 is 11.8 Å². The summed E-state index contributed by atoms with van der Waals surface area (Å²) in [5.74, 6) is 4.72. The SMILES string of the molecule is CSC(C)CNC(=O)c1ccc(F)cc1C#CCCO. The quantitative estimate of drug-likeness (QED) is 0.817. The van der Waals surface area contributed by atoms with Gasteiger partial charge in [-0.1, -0.05) is 18.8 Å². The third-order valence-electron chi connectivity index (χ3n) is 2.64. The molecule has 0 saturated heterocycles. The lowest BCUT2D eigenvalue weighted by Gasteiger charge is -2.11. The maximum absolute atomic E-state index is 13.2. The maximum atomic E-state index is 13.2. The fraction of sp³-hybridized carbons (Fsp3) is 0.400. The van der Waals surface area contributed by atoms with Crippen LogP contribution in [0.15, 0.2) is 18.2 Å².